The molecule has 38 heavy (non-hydrogen) atoms. The molecule has 3 heterocycles. The lowest BCUT2D eigenvalue weighted by Gasteiger charge is -2.36. The molecule has 11 heteroatoms. The van der Waals surface area contributed by atoms with Gasteiger partial charge in [0, 0.05) is 0 Å². The first kappa shape index (κ1) is 26.8. The van der Waals surface area contributed by atoms with Gasteiger partial charge in [-0.1, -0.05) is 72.4 Å². The number of rotatable bonds is 9. The number of alkyl halides is 1. The zero-order valence-corrected chi connectivity index (χ0v) is 22.1. The normalized spacial score (nSPS) is 28.5. The molecule has 5 rings (SSSR count). The van der Waals surface area contributed by atoms with E-state index >= 15 is 4.39 Å². The molecule has 0 radical (unpaired) electrons. The summed E-state index contributed by atoms with van der Waals surface area (Å²) in [6.45, 7) is 2.77. The van der Waals surface area contributed by atoms with Gasteiger partial charge in [-0.05, 0) is 24.3 Å². The topological polar surface area (TPSA) is 97.5 Å². The number of hydrogen-bond donors (Lipinski definition) is 1. The molecule has 0 saturated carbocycles. The Morgan fingerprint density at radius 3 is 2.45 bits per heavy atom. The van der Waals surface area contributed by atoms with Gasteiger partial charge in [-0.15, -0.1) is 5.10 Å². The minimum Gasteiger partial charge on any atom is -0.475 e. The zero-order valence-electron chi connectivity index (χ0n) is 21.3. The van der Waals surface area contributed by atoms with Crippen molar-refractivity contribution in [2.45, 2.75) is 50.3 Å². The summed E-state index contributed by atoms with van der Waals surface area (Å²) >= 11 is 1.31. The molecule has 3 aliphatic heterocycles. The molecule has 3 aliphatic rings. The quantitative estimate of drug-likeness (QED) is 0.519. The first-order valence-corrected chi connectivity index (χ1v) is 13.8. The van der Waals surface area contributed by atoms with E-state index in [2.05, 4.69) is 15.1 Å². The Morgan fingerprint density at radius 2 is 1.79 bits per heavy atom. The van der Waals surface area contributed by atoms with Crippen LogP contribution in [0.1, 0.15) is 18.1 Å². The first-order valence-electron chi connectivity index (χ1n) is 12.5. The second-order valence-electron chi connectivity index (χ2n) is 9.03. The van der Waals surface area contributed by atoms with Gasteiger partial charge in [0.05, 0.1) is 33.0 Å². The largest absolute Gasteiger partial charge is 0.475 e. The highest BCUT2D eigenvalue weighted by molar-refractivity contribution is 8.13. The lowest BCUT2D eigenvalue weighted by atomic mass is 9.99. The van der Waals surface area contributed by atoms with Crippen molar-refractivity contribution in [2.24, 2.45) is 15.1 Å². The molecule has 0 aromatic heterocycles. The molecule has 0 amide bonds. The Kier molecular flexibility index (Phi) is 8.39. The van der Waals surface area contributed by atoms with Crippen LogP contribution in [0.15, 0.2) is 75.7 Å². The van der Waals surface area contributed by atoms with E-state index in [0.29, 0.717) is 24.2 Å². The van der Waals surface area contributed by atoms with Crippen LogP contribution in [0.5, 0.6) is 0 Å². The summed E-state index contributed by atoms with van der Waals surface area (Å²) in [4.78, 5) is 8.84. The number of fused-ring (bicyclic) bond motifs is 1. The number of aliphatic hydroxyl groups is 1. The van der Waals surface area contributed by atoms with Gasteiger partial charge in [0.1, 0.15) is 18.2 Å². The van der Waals surface area contributed by atoms with Crippen LogP contribution in [0.3, 0.4) is 0 Å². The van der Waals surface area contributed by atoms with E-state index in [1.165, 1.54) is 16.8 Å². The van der Waals surface area contributed by atoms with Crippen LogP contribution in [0, 0.1) is 0 Å². The average molecular weight is 543 g/mol. The molecule has 0 spiro atoms. The smallest absolute Gasteiger partial charge is 0.261 e. The van der Waals surface area contributed by atoms with Crippen LogP contribution in [0.25, 0.3) is 0 Å². The highest BCUT2D eigenvalue weighted by Crippen LogP contribution is 2.41. The predicted octanol–water partition coefficient (Wildman–Crippen LogP) is 3.38. The summed E-state index contributed by atoms with van der Waals surface area (Å²) in [7, 11) is 0. The van der Waals surface area contributed by atoms with Crippen molar-refractivity contribution < 1.29 is 28.4 Å². The van der Waals surface area contributed by atoms with E-state index in [1.54, 1.807) is 0 Å². The Labute approximate surface area is 225 Å². The van der Waals surface area contributed by atoms with Crippen molar-refractivity contribution in [3.63, 3.8) is 0 Å². The van der Waals surface area contributed by atoms with E-state index in [4.69, 9.17) is 18.9 Å². The van der Waals surface area contributed by atoms with Gasteiger partial charge in [-0.3, -0.25) is 4.99 Å². The molecular weight excluding hydrogens is 511 g/mol. The second kappa shape index (κ2) is 11.9. The molecule has 0 aliphatic carbocycles. The number of ether oxygens (including phenoxy) is 4. The molecule has 9 nitrogen and oxygen atoms in total. The van der Waals surface area contributed by atoms with E-state index in [0.717, 1.165) is 11.1 Å². The van der Waals surface area contributed by atoms with E-state index < -0.39 is 30.2 Å². The standard InChI is InChI=1S/C27H31FN4O5S/c1-3-35-25-24-29-14-21(32(24)31-26(30-25)38-2)27(33)23(28)22(36-16-19-12-8-5-9-13-19)20(37-27)17-34-15-18-10-6-4-7-11-18/h4-13,20-23,33H,3,14-17H2,1-2H3/t20-,21?,22-,23-,27+/m1/s1. The van der Waals surface area contributed by atoms with E-state index in [9.17, 15) is 5.11 Å². The fourth-order valence-corrected chi connectivity index (χ4v) is 4.99. The Bertz CT molecular complexity index is 1180. The van der Waals surface area contributed by atoms with Gasteiger partial charge in [0.2, 0.25) is 16.8 Å². The van der Waals surface area contributed by atoms with Crippen molar-refractivity contribution in [3.05, 3.63) is 71.8 Å². The minimum atomic E-state index is -2.25. The third kappa shape index (κ3) is 5.48. The predicted molar refractivity (Wildman–Crippen MR) is 144 cm³/mol. The Morgan fingerprint density at radius 1 is 1.11 bits per heavy atom. The van der Waals surface area contributed by atoms with E-state index in [1.807, 2.05) is 73.8 Å². The van der Waals surface area contributed by atoms with Crippen molar-refractivity contribution in [1.29, 1.82) is 0 Å². The number of aliphatic imine (C=N–C) groups is 2. The van der Waals surface area contributed by atoms with Crippen LogP contribution < -0.4 is 0 Å². The van der Waals surface area contributed by atoms with Crippen LogP contribution in [-0.2, 0) is 32.2 Å². The SMILES string of the molecule is CCOC1=NC(SC)=NN2C1=NCC2[C@]1(O)O[C@H](COCc2ccccc2)[C@@H](OCc2ccccc2)[C@H]1F. The molecule has 2 aromatic rings. The summed E-state index contributed by atoms with van der Waals surface area (Å²) in [5.41, 5.74) is 1.86. The highest BCUT2D eigenvalue weighted by atomic mass is 32.2. The van der Waals surface area contributed by atoms with Gasteiger partial charge in [0.15, 0.2) is 6.17 Å². The fraction of sp³-hybridized carbons (Fsp3) is 0.444. The number of halogens is 1. The number of hydrazone groups is 1. The van der Waals surface area contributed by atoms with Gasteiger partial charge in [-0.2, -0.15) is 4.99 Å². The summed E-state index contributed by atoms with van der Waals surface area (Å²) in [5, 5.41) is 18.1. The van der Waals surface area contributed by atoms with E-state index in [-0.39, 0.29) is 25.7 Å². The summed E-state index contributed by atoms with van der Waals surface area (Å²) < 4.78 is 39.8. The number of hydrogen-bond acceptors (Lipinski definition) is 10. The lowest BCUT2D eigenvalue weighted by Crippen LogP contribution is -2.58. The summed E-state index contributed by atoms with van der Waals surface area (Å²) in [5.74, 6) is -1.63. The van der Waals surface area contributed by atoms with Crippen LogP contribution in [0.2, 0.25) is 0 Å². The number of thioether (sulfide) groups is 1. The average Bonchev–Trinajstić information content (AvgIpc) is 3.48. The third-order valence-corrected chi connectivity index (χ3v) is 7.06. The number of amidine groups is 2. The van der Waals surface area contributed by atoms with Crippen molar-refractivity contribution in [1.82, 2.24) is 5.01 Å². The third-order valence-electron chi connectivity index (χ3n) is 6.52. The van der Waals surface area contributed by atoms with Crippen molar-refractivity contribution >= 4 is 28.7 Å². The number of benzene rings is 2. The van der Waals surface area contributed by atoms with Gasteiger partial charge in [-0.25, -0.2) is 9.40 Å². The molecule has 202 valence electrons. The molecule has 1 N–H and O–H groups in total. The van der Waals surface area contributed by atoms with Crippen LogP contribution in [0.4, 0.5) is 4.39 Å². The summed E-state index contributed by atoms with van der Waals surface area (Å²) in [6, 6.07) is 18.2. The Hall–Kier alpha value is -2.83. The molecule has 5 atom stereocenters. The minimum absolute atomic E-state index is 0.0303. The van der Waals surface area contributed by atoms with Crippen LogP contribution >= 0.6 is 11.8 Å². The molecule has 1 unspecified atom stereocenters. The fourth-order valence-electron chi connectivity index (χ4n) is 4.65. The maximum Gasteiger partial charge on any atom is 0.261 e. The highest BCUT2D eigenvalue weighted by Gasteiger charge is 2.63. The number of nitrogens with zero attached hydrogens (tertiary/aromatic N) is 4. The maximum absolute atomic E-state index is 16.2. The summed E-state index contributed by atoms with van der Waals surface area (Å²) in [6.07, 6.45) is -2.00. The Balaban J connectivity index is 1.35. The zero-order chi connectivity index (χ0) is 26.5. The van der Waals surface area contributed by atoms with Gasteiger partial charge >= 0.3 is 0 Å². The first-order chi connectivity index (χ1) is 18.5. The van der Waals surface area contributed by atoms with Gasteiger partial charge < -0.3 is 24.1 Å². The molecule has 2 aromatic carbocycles. The molecular formula is C27H31FN4O5S. The maximum atomic E-state index is 16.2. The van der Waals surface area contributed by atoms with Gasteiger partial charge in [0.25, 0.3) is 5.90 Å². The monoisotopic (exact) mass is 542 g/mol. The molecule has 0 bridgehead atoms. The molecule has 1 fully saturated rings. The van der Waals surface area contributed by atoms with Crippen LogP contribution in [-0.4, -0.2) is 83.2 Å². The van der Waals surface area contributed by atoms with Crippen molar-refractivity contribution in [2.75, 3.05) is 26.0 Å². The van der Waals surface area contributed by atoms with Crippen molar-refractivity contribution in [3.8, 4) is 0 Å². The molecule has 1 saturated heterocycles. The lowest BCUT2D eigenvalue weighted by molar-refractivity contribution is -0.245. The second-order valence-corrected chi connectivity index (χ2v) is 9.81.